The van der Waals surface area contributed by atoms with E-state index in [9.17, 15) is 28.3 Å². The first-order chi connectivity index (χ1) is 14.7. The van der Waals surface area contributed by atoms with E-state index in [-0.39, 0.29) is 24.4 Å². The molecule has 3 rings (SSSR count). The fourth-order valence-electron chi connectivity index (χ4n) is 3.62. The molecule has 0 spiro atoms. The first kappa shape index (κ1) is 22.4. The van der Waals surface area contributed by atoms with Crippen molar-refractivity contribution in [3.05, 3.63) is 59.9 Å². The van der Waals surface area contributed by atoms with Crippen molar-refractivity contribution in [3.63, 3.8) is 0 Å². The summed E-state index contributed by atoms with van der Waals surface area (Å²) < 4.78 is 32.6. The molecule has 1 saturated heterocycles. The standard InChI is InChI=1S/C22H22F2N2O5/c1-31-13-22(24)10-18(21(29)30)26(12-22)19(27)11-25-20(28)16-4-2-3-15(9-16)14-5-7-17(23)8-6-14/h2-9,18H,10-13H2,1H3,(H,25,28)(H,29,30)/t18-,22+/m0/s1. The Morgan fingerprint density at radius 2 is 1.90 bits per heavy atom. The maximum absolute atomic E-state index is 14.7. The highest BCUT2D eigenvalue weighted by Gasteiger charge is 2.49. The molecule has 0 aromatic heterocycles. The Bertz CT molecular complexity index is 982. The van der Waals surface area contributed by atoms with Crippen molar-refractivity contribution in [1.82, 2.24) is 10.2 Å². The number of carboxylic acids is 1. The minimum Gasteiger partial charge on any atom is -0.480 e. The third kappa shape index (κ3) is 5.24. The van der Waals surface area contributed by atoms with Gasteiger partial charge in [0, 0.05) is 19.1 Å². The van der Waals surface area contributed by atoms with Gasteiger partial charge >= 0.3 is 5.97 Å². The van der Waals surface area contributed by atoms with Crippen LogP contribution in [-0.4, -0.2) is 66.3 Å². The first-order valence-corrected chi connectivity index (χ1v) is 9.57. The van der Waals surface area contributed by atoms with Crippen LogP contribution in [0.25, 0.3) is 11.1 Å². The number of nitrogens with one attached hydrogen (secondary N) is 1. The lowest BCUT2D eigenvalue weighted by atomic mass is 10.0. The fraction of sp³-hybridized carbons (Fsp3) is 0.318. The summed E-state index contributed by atoms with van der Waals surface area (Å²) in [4.78, 5) is 37.4. The number of carbonyl (C=O) groups excluding carboxylic acids is 2. The number of hydrogen-bond acceptors (Lipinski definition) is 4. The number of amides is 2. The van der Waals surface area contributed by atoms with Crippen LogP contribution in [0.3, 0.4) is 0 Å². The summed E-state index contributed by atoms with van der Waals surface area (Å²) in [6.07, 6.45) is -0.379. The molecular formula is C22H22F2N2O5. The molecule has 1 aliphatic rings. The summed E-state index contributed by atoms with van der Waals surface area (Å²) in [5, 5.41) is 11.8. The van der Waals surface area contributed by atoms with Crippen LogP contribution in [0.5, 0.6) is 0 Å². The first-order valence-electron chi connectivity index (χ1n) is 9.57. The van der Waals surface area contributed by atoms with Gasteiger partial charge in [0.15, 0.2) is 5.67 Å². The van der Waals surface area contributed by atoms with Crippen molar-refractivity contribution in [2.75, 3.05) is 26.8 Å². The molecule has 0 aliphatic carbocycles. The van der Waals surface area contributed by atoms with Crippen LogP contribution in [0.2, 0.25) is 0 Å². The summed E-state index contributed by atoms with van der Waals surface area (Å²) in [5.41, 5.74) is -0.289. The smallest absolute Gasteiger partial charge is 0.326 e. The van der Waals surface area contributed by atoms with Gasteiger partial charge in [-0.1, -0.05) is 24.3 Å². The van der Waals surface area contributed by atoms with Gasteiger partial charge in [-0.25, -0.2) is 13.6 Å². The van der Waals surface area contributed by atoms with Gasteiger partial charge in [0.2, 0.25) is 5.91 Å². The number of alkyl halides is 1. The number of nitrogens with zero attached hydrogens (tertiary/aromatic N) is 1. The molecule has 0 unspecified atom stereocenters. The number of ether oxygens (including phenoxy) is 1. The molecule has 0 saturated carbocycles. The minimum absolute atomic E-state index is 0.269. The number of hydrogen-bond donors (Lipinski definition) is 2. The minimum atomic E-state index is -1.96. The van der Waals surface area contributed by atoms with Gasteiger partial charge < -0.3 is 20.1 Å². The molecule has 2 aromatic rings. The van der Waals surface area contributed by atoms with Crippen molar-refractivity contribution in [3.8, 4) is 11.1 Å². The van der Waals surface area contributed by atoms with Crippen molar-refractivity contribution < 1.29 is 33.0 Å². The predicted octanol–water partition coefficient (Wildman–Crippen LogP) is 2.26. The van der Waals surface area contributed by atoms with E-state index in [4.69, 9.17) is 4.74 Å². The molecule has 164 valence electrons. The predicted molar refractivity (Wildman–Crippen MR) is 108 cm³/mol. The van der Waals surface area contributed by atoms with Gasteiger partial charge in [-0.05, 0) is 35.4 Å². The number of methoxy groups -OCH3 is 1. The second-order valence-corrected chi connectivity index (χ2v) is 7.43. The molecule has 1 aliphatic heterocycles. The van der Waals surface area contributed by atoms with Gasteiger partial charge in [-0.3, -0.25) is 9.59 Å². The molecule has 0 bridgehead atoms. The van der Waals surface area contributed by atoms with Crippen LogP contribution in [0.4, 0.5) is 8.78 Å². The van der Waals surface area contributed by atoms with Gasteiger partial charge in [0.25, 0.3) is 5.91 Å². The summed E-state index contributed by atoms with van der Waals surface area (Å²) in [6, 6.07) is 11.0. The van der Waals surface area contributed by atoms with E-state index < -0.39 is 42.6 Å². The lowest BCUT2D eigenvalue weighted by molar-refractivity contribution is -0.147. The summed E-state index contributed by atoms with van der Waals surface area (Å²) >= 11 is 0. The molecular weight excluding hydrogens is 410 g/mol. The second-order valence-electron chi connectivity index (χ2n) is 7.43. The fourth-order valence-corrected chi connectivity index (χ4v) is 3.62. The van der Waals surface area contributed by atoms with E-state index in [2.05, 4.69) is 5.32 Å². The van der Waals surface area contributed by atoms with Crippen molar-refractivity contribution in [1.29, 1.82) is 0 Å². The number of carbonyl (C=O) groups is 3. The molecule has 1 heterocycles. The van der Waals surface area contributed by atoms with Crippen molar-refractivity contribution >= 4 is 17.8 Å². The van der Waals surface area contributed by atoms with Gasteiger partial charge in [-0.15, -0.1) is 0 Å². The highest BCUT2D eigenvalue weighted by molar-refractivity contribution is 5.98. The zero-order valence-electron chi connectivity index (χ0n) is 16.8. The zero-order chi connectivity index (χ0) is 22.6. The quantitative estimate of drug-likeness (QED) is 0.700. The second kappa shape index (κ2) is 9.22. The largest absolute Gasteiger partial charge is 0.480 e. The molecule has 2 atom stereocenters. The average molecular weight is 432 g/mol. The number of aliphatic carboxylic acids is 1. The van der Waals surface area contributed by atoms with E-state index in [0.717, 1.165) is 4.90 Å². The average Bonchev–Trinajstić information content (AvgIpc) is 3.10. The van der Waals surface area contributed by atoms with E-state index in [1.54, 1.807) is 36.4 Å². The van der Waals surface area contributed by atoms with Gasteiger partial charge in [0.1, 0.15) is 11.9 Å². The van der Waals surface area contributed by atoms with Crippen LogP contribution in [0.1, 0.15) is 16.8 Å². The maximum atomic E-state index is 14.7. The van der Waals surface area contributed by atoms with Crippen molar-refractivity contribution in [2.45, 2.75) is 18.1 Å². The maximum Gasteiger partial charge on any atom is 0.326 e. The Balaban J connectivity index is 1.66. The monoisotopic (exact) mass is 432 g/mol. The number of rotatable bonds is 7. The molecule has 2 N–H and O–H groups in total. The van der Waals surface area contributed by atoms with E-state index in [1.165, 1.54) is 19.2 Å². The number of carboxylic acid groups (broad SMARTS) is 1. The van der Waals surface area contributed by atoms with Gasteiger partial charge in [-0.2, -0.15) is 0 Å². The Labute approximate surface area is 177 Å². The Hall–Kier alpha value is -3.33. The molecule has 9 heteroatoms. The topological polar surface area (TPSA) is 95.9 Å². The third-order valence-corrected chi connectivity index (χ3v) is 5.10. The summed E-state index contributed by atoms with van der Waals surface area (Å²) in [5.74, 6) is -2.94. The van der Waals surface area contributed by atoms with Crippen molar-refractivity contribution in [2.24, 2.45) is 0 Å². The summed E-state index contributed by atoms with van der Waals surface area (Å²) in [6.45, 7) is -1.23. The highest BCUT2D eigenvalue weighted by Crippen LogP contribution is 2.31. The van der Waals surface area contributed by atoms with Crippen LogP contribution < -0.4 is 5.32 Å². The molecule has 31 heavy (non-hydrogen) atoms. The zero-order valence-corrected chi connectivity index (χ0v) is 16.8. The van der Waals surface area contributed by atoms with Crippen LogP contribution in [0.15, 0.2) is 48.5 Å². The van der Waals surface area contributed by atoms with E-state index in [0.29, 0.717) is 11.1 Å². The van der Waals surface area contributed by atoms with Gasteiger partial charge in [0.05, 0.1) is 19.7 Å². The molecule has 0 radical (unpaired) electrons. The lowest BCUT2D eigenvalue weighted by Gasteiger charge is -2.22. The Kier molecular flexibility index (Phi) is 6.65. The normalized spacial score (nSPS) is 20.5. The number of halogens is 2. The molecule has 2 amide bonds. The molecule has 2 aromatic carbocycles. The number of benzene rings is 2. The third-order valence-electron chi connectivity index (χ3n) is 5.10. The van der Waals surface area contributed by atoms with Crippen LogP contribution >= 0.6 is 0 Å². The SMILES string of the molecule is COC[C@@]1(F)C[C@@H](C(=O)O)N(C(=O)CNC(=O)c2cccc(-c3ccc(F)cc3)c2)C1. The number of likely N-dealkylation sites (tertiary alicyclic amines) is 1. The van der Waals surface area contributed by atoms with Crippen LogP contribution in [-0.2, 0) is 14.3 Å². The van der Waals surface area contributed by atoms with Crippen LogP contribution in [0, 0.1) is 5.82 Å². The Morgan fingerprint density at radius 1 is 1.19 bits per heavy atom. The van der Waals surface area contributed by atoms with E-state index >= 15 is 0 Å². The highest BCUT2D eigenvalue weighted by atomic mass is 19.1. The van der Waals surface area contributed by atoms with E-state index in [1.807, 2.05) is 0 Å². The Morgan fingerprint density at radius 3 is 2.55 bits per heavy atom. The summed E-state index contributed by atoms with van der Waals surface area (Å²) in [7, 11) is 1.29. The molecule has 1 fully saturated rings. The molecule has 7 nitrogen and oxygen atoms in total. The lowest BCUT2D eigenvalue weighted by Crippen LogP contribution is -2.46.